The van der Waals surface area contributed by atoms with Gasteiger partial charge in [0, 0.05) is 35.4 Å². The zero-order valence-electron chi connectivity index (χ0n) is 16.8. The largest absolute Gasteiger partial charge is 0.478 e. The van der Waals surface area contributed by atoms with Crippen molar-refractivity contribution < 1.29 is 39.6 Å². The van der Waals surface area contributed by atoms with E-state index in [0.717, 1.165) is 0 Å². The molecule has 0 aliphatic rings. The van der Waals surface area contributed by atoms with Gasteiger partial charge in [-0.2, -0.15) is 0 Å². The molecule has 10 nitrogen and oxygen atoms in total. The second kappa shape index (κ2) is 23.8. The molecular formula is C18H32N2O8. The molecule has 0 saturated carbocycles. The fourth-order valence-electron chi connectivity index (χ4n) is 0. The normalized spacial score (nSPS) is 7.50. The van der Waals surface area contributed by atoms with E-state index < -0.39 is 23.9 Å². The minimum atomic E-state index is -0.935. The number of hydrogen-bond donors (Lipinski definition) is 6. The van der Waals surface area contributed by atoms with Gasteiger partial charge in [-0.15, -0.1) is 0 Å². The minimum absolute atomic E-state index is 0.176. The maximum Gasteiger partial charge on any atom is 0.330 e. The Balaban J connectivity index is -0.0000000793. The van der Waals surface area contributed by atoms with E-state index in [2.05, 4.69) is 26.3 Å². The topological polar surface area (TPSA) is 201 Å². The van der Waals surface area contributed by atoms with Crippen molar-refractivity contribution in [1.82, 2.24) is 0 Å². The molecule has 0 fully saturated rings. The molecule has 0 aliphatic heterocycles. The van der Waals surface area contributed by atoms with E-state index in [-0.39, 0.29) is 22.3 Å². The maximum absolute atomic E-state index is 9.60. The highest BCUT2D eigenvalue weighted by Crippen LogP contribution is 1.82. The van der Waals surface area contributed by atoms with Gasteiger partial charge in [0.05, 0.1) is 0 Å². The van der Waals surface area contributed by atoms with Crippen LogP contribution in [0.4, 0.5) is 0 Å². The van der Waals surface area contributed by atoms with Crippen molar-refractivity contribution in [2.75, 3.05) is 13.1 Å². The molecule has 0 rings (SSSR count). The number of rotatable bonds is 5. The molecule has 0 heterocycles. The van der Waals surface area contributed by atoms with E-state index in [9.17, 15) is 19.2 Å². The molecular weight excluding hydrogens is 372 g/mol. The first-order chi connectivity index (χ1) is 12.5. The lowest BCUT2D eigenvalue weighted by molar-refractivity contribution is -0.133. The van der Waals surface area contributed by atoms with E-state index >= 15 is 0 Å². The molecule has 8 N–H and O–H groups in total. The molecule has 0 amide bonds. The summed E-state index contributed by atoms with van der Waals surface area (Å²) in [4.78, 5) is 38.4. The van der Waals surface area contributed by atoms with Gasteiger partial charge in [-0.25, -0.2) is 19.2 Å². The van der Waals surface area contributed by atoms with Crippen molar-refractivity contribution in [3.05, 3.63) is 48.6 Å². The van der Waals surface area contributed by atoms with Crippen molar-refractivity contribution in [3.63, 3.8) is 0 Å². The van der Waals surface area contributed by atoms with Crippen LogP contribution in [0.5, 0.6) is 0 Å². The van der Waals surface area contributed by atoms with Crippen LogP contribution in [0.1, 0.15) is 27.7 Å². The Morgan fingerprint density at radius 3 is 0.607 bits per heavy atom. The summed E-state index contributed by atoms with van der Waals surface area (Å²) in [6, 6.07) is 0. The molecule has 28 heavy (non-hydrogen) atoms. The second-order valence-electron chi connectivity index (χ2n) is 4.92. The Kier molecular flexibility index (Phi) is 30.4. The summed E-state index contributed by atoms with van der Waals surface area (Å²) in [5.74, 6) is -3.74. The second-order valence-corrected chi connectivity index (χ2v) is 4.92. The van der Waals surface area contributed by atoms with Gasteiger partial charge in [0.15, 0.2) is 0 Å². The summed E-state index contributed by atoms with van der Waals surface area (Å²) in [5, 5.41) is 31.6. The lowest BCUT2D eigenvalue weighted by Gasteiger charge is -1.79. The third kappa shape index (κ3) is 56.9. The number of carboxylic acid groups (broad SMARTS) is 4. The third-order valence-corrected chi connectivity index (χ3v) is 1.63. The predicted molar refractivity (Wildman–Crippen MR) is 108 cm³/mol. The summed E-state index contributed by atoms with van der Waals surface area (Å²) in [6.07, 6.45) is 0. The van der Waals surface area contributed by atoms with Crippen LogP contribution in [-0.4, -0.2) is 57.4 Å². The molecule has 0 bridgehead atoms. The maximum atomic E-state index is 9.60. The number of aliphatic carboxylic acids is 4. The summed E-state index contributed by atoms with van der Waals surface area (Å²) in [7, 11) is 0. The quantitative estimate of drug-likeness (QED) is 0.364. The van der Waals surface area contributed by atoms with Crippen molar-refractivity contribution >= 4 is 23.9 Å². The van der Waals surface area contributed by atoms with E-state index in [1.807, 2.05) is 0 Å². The fourth-order valence-corrected chi connectivity index (χ4v) is 0. The molecule has 0 aromatic rings. The molecule has 0 unspecified atom stereocenters. The number of carboxylic acids is 4. The molecule has 162 valence electrons. The van der Waals surface area contributed by atoms with Crippen LogP contribution in [-0.2, 0) is 19.2 Å². The van der Waals surface area contributed by atoms with Crippen LogP contribution < -0.4 is 11.5 Å². The van der Waals surface area contributed by atoms with Crippen molar-refractivity contribution in [1.29, 1.82) is 0 Å². The molecule has 0 saturated heterocycles. The first-order valence-corrected chi connectivity index (χ1v) is 7.44. The SMILES string of the molecule is C=C(C)C(=O)O.C=C(C)C(=O)O.C=C(C)C(=O)O.C=C(C)C(=O)O.NCCN. The van der Waals surface area contributed by atoms with Gasteiger partial charge < -0.3 is 31.9 Å². The fraction of sp³-hybridized carbons (Fsp3) is 0.333. The summed E-state index contributed by atoms with van der Waals surface area (Å²) < 4.78 is 0. The van der Waals surface area contributed by atoms with Crippen LogP contribution in [0.15, 0.2) is 48.6 Å². The Labute approximate surface area is 165 Å². The van der Waals surface area contributed by atoms with Gasteiger partial charge >= 0.3 is 23.9 Å². The highest BCUT2D eigenvalue weighted by Gasteiger charge is 1.91. The Morgan fingerprint density at radius 2 is 0.607 bits per heavy atom. The summed E-state index contributed by atoms with van der Waals surface area (Å²) in [5.41, 5.74) is 10.5. The molecule has 0 spiro atoms. The number of carbonyl (C=O) groups is 4. The zero-order chi connectivity index (χ0) is 24.0. The molecule has 0 aromatic heterocycles. The Hall–Kier alpha value is -3.24. The van der Waals surface area contributed by atoms with E-state index in [4.69, 9.17) is 31.9 Å². The predicted octanol–water partition coefficient (Wildman–Crippen LogP) is 1.49. The Morgan fingerprint density at radius 1 is 0.536 bits per heavy atom. The minimum Gasteiger partial charge on any atom is -0.478 e. The van der Waals surface area contributed by atoms with Gasteiger partial charge in [0.2, 0.25) is 0 Å². The van der Waals surface area contributed by atoms with Crippen molar-refractivity contribution in [2.45, 2.75) is 27.7 Å². The lowest BCUT2D eigenvalue weighted by atomic mass is 10.4. The van der Waals surface area contributed by atoms with Crippen LogP contribution >= 0.6 is 0 Å². The summed E-state index contributed by atoms with van der Waals surface area (Å²) in [6.45, 7) is 19.6. The highest BCUT2D eigenvalue weighted by atomic mass is 16.4. The number of hydrogen-bond acceptors (Lipinski definition) is 6. The molecule has 0 atom stereocenters. The monoisotopic (exact) mass is 404 g/mol. The zero-order valence-corrected chi connectivity index (χ0v) is 16.8. The smallest absolute Gasteiger partial charge is 0.330 e. The van der Waals surface area contributed by atoms with Crippen LogP contribution in [0.25, 0.3) is 0 Å². The van der Waals surface area contributed by atoms with Gasteiger partial charge in [-0.1, -0.05) is 26.3 Å². The van der Waals surface area contributed by atoms with E-state index in [0.29, 0.717) is 13.1 Å². The summed E-state index contributed by atoms with van der Waals surface area (Å²) >= 11 is 0. The van der Waals surface area contributed by atoms with Gasteiger partial charge in [-0.3, -0.25) is 0 Å². The van der Waals surface area contributed by atoms with Crippen molar-refractivity contribution in [3.8, 4) is 0 Å². The molecule has 0 aliphatic carbocycles. The van der Waals surface area contributed by atoms with E-state index in [1.165, 1.54) is 27.7 Å². The third-order valence-electron chi connectivity index (χ3n) is 1.63. The first-order valence-electron chi connectivity index (χ1n) is 7.44. The standard InChI is InChI=1S/4C4H6O2.C2H8N2/c4*1-3(2)4(5)6;3-1-2-4/h4*1H2,2H3,(H,5,6);1-4H2. The van der Waals surface area contributed by atoms with Gasteiger partial charge in [0.1, 0.15) is 0 Å². The lowest BCUT2D eigenvalue weighted by Crippen LogP contribution is -2.11. The van der Waals surface area contributed by atoms with Crippen LogP contribution in [0, 0.1) is 0 Å². The first kappa shape index (κ1) is 35.8. The average molecular weight is 404 g/mol. The van der Waals surface area contributed by atoms with Gasteiger partial charge in [-0.05, 0) is 27.7 Å². The van der Waals surface area contributed by atoms with Crippen LogP contribution in [0.3, 0.4) is 0 Å². The molecule has 0 aromatic carbocycles. The van der Waals surface area contributed by atoms with Gasteiger partial charge in [0.25, 0.3) is 0 Å². The Bertz CT molecular complexity index is 420. The number of nitrogens with two attached hydrogens (primary N) is 2. The highest BCUT2D eigenvalue weighted by molar-refractivity contribution is 5.85. The molecule has 10 heteroatoms. The average Bonchev–Trinajstić information content (AvgIpc) is 2.56. The van der Waals surface area contributed by atoms with Crippen LogP contribution in [0.2, 0.25) is 0 Å². The van der Waals surface area contributed by atoms with Crippen molar-refractivity contribution in [2.24, 2.45) is 11.5 Å². The molecule has 0 radical (unpaired) electrons. The van der Waals surface area contributed by atoms with E-state index in [1.54, 1.807) is 0 Å².